The summed E-state index contributed by atoms with van der Waals surface area (Å²) in [6.45, 7) is 1.94. The average Bonchev–Trinajstić information content (AvgIpc) is 3.16. The number of hydrogen-bond donors (Lipinski definition) is 3. The van der Waals surface area contributed by atoms with Gasteiger partial charge < -0.3 is 14.4 Å². The highest BCUT2D eigenvalue weighted by atomic mass is 16.5. The van der Waals surface area contributed by atoms with Crippen LogP contribution >= 0.6 is 0 Å². The lowest BCUT2D eigenvalue weighted by atomic mass is 10.2. The van der Waals surface area contributed by atoms with Gasteiger partial charge in [-0.15, -0.1) is 0 Å². The van der Waals surface area contributed by atoms with E-state index in [1.807, 2.05) is 37.3 Å². The molecule has 0 unspecified atom stereocenters. The first kappa shape index (κ1) is 22.0. The molecule has 0 radical (unpaired) electrons. The van der Waals surface area contributed by atoms with Crippen molar-refractivity contribution in [3.8, 4) is 5.75 Å². The molecule has 3 aromatic heterocycles. The van der Waals surface area contributed by atoms with E-state index in [0.29, 0.717) is 5.75 Å². The van der Waals surface area contributed by atoms with Gasteiger partial charge in [0.1, 0.15) is 18.5 Å². The van der Waals surface area contributed by atoms with Crippen LogP contribution in [0.4, 0.5) is 5.95 Å². The van der Waals surface area contributed by atoms with Crippen molar-refractivity contribution < 1.29 is 9.84 Å². The predicted octanol–water partition coefficient (Wildman–Crippen LogP) is 1.01. The minimum Gasteiger partial charge on any atom is -0.491 e. The summed E-state index contributed by atoms with van der Waals surface area (Å²) in [5, 5.41) is 14.8. The largest absolute Gasteiger partial charge is 0.491 e. The van der Waals surface area contributed by atoms with Crippen LogP contribution in [0, 0.1) is 6.92 Å². The fraction of sp³-hybridized carbons (Fsp3) is 0.227. The van der Waals surface area contributed by atoms with Gasteiger partial charge in [-0.2, -0.15) is 10.1 Å². The number of aromatic nitrogens is 5. The van der Waals surface area contributed by atoms with Gasteiger partial charge in [0.05, 0.1) is 12.8 Å². The fourth-order valence-corrected chi connectivity index (χ4v) is 3.20. The molecule has 4 rings (SSSR count). The van der Waals surface area contributed by atoms with Gasteiger partial charge in [0, 0.05) is 25.0 Å². The number of imidazole rings is 1. The Morgan fingerprint density at radius 3 is 2.79 bits per heavy atom. The first-order valence-corrected chi connectivity index (χ1v) is 10.2. The second-order valence-corrected chi connectivity index (χ2v) is 7.47. The SMILES string of the molecule is Cc1ccc(OC[C@@H](O)Cn2c(N/N=C\c3cccnc3)nc3c2c(=O)[nH]c(=O)n3C)cc1. The van der Waals surface area contributed by atoms with Crippen molar-refractivity contribution in [3.05, 3.63) is 80.8 Å². The molecule has 0 spiro atoms. The minimum atomic E-state index is -0.969. The standard InChI is InChI=1S/C22H23N7O4/c1-14-5-7-17(8-6-14)33-13-16(30)12-29-18-19(28(2)22(32)26-20(18)31)25-21(29)27-24-11-15-4-3-9-23-10-15/h3-11,16,30H,12-13H2,1-2H3,(H,25,27)(H,26,31,32)/b24-11-/t16-/m0/s1. The number of nitrogens with zero attached hydrogens (tertiary/aromatic N) is 5. The third kappa shape index (κ3) is 4.99. The van der Waals surface area contributed by atoms with Gasteiger partial charge in [0.15, 0.2) is 11.2 Å². The van der Waals surface area contributed by atoms with Crippen molar-refractivity contribution >= 4 is 23.3 Å². The number of nitrogens with one attached hydrogen (secondary N) is 2. The van der Waals surface area contributed by atoms with E-state index in [-0.39, 0.29) is 30.3 Å². The number of pyridine rings is 1. The van der Waals surface area contributed by atoms with Gasteiger partial charge in [-0.05, 0) is 25.1 Å². The fourth-order valence-electron chi connectivity index (χ4n) is 3.20. The van der Waals surface area contributed by atoms with Crippen molar-refractivity contribution in [3.63, 3.8) is 0 Å². The first-order valence-electron chi connectivity index (χ1n) is 10.2. The molecule has 0 saturated heterocycles. The Morgan fingerprint density at radius 2 is 2.06 bits per heavy atom. The lowest BCUT2D eigenvalue weighted by molar-refractivity contribution is 0.0938. The topological polar surface area (TPSA) is 139 Å². The number of hydrogen-bond acceptors (Lipinski definition) is 8. The maximum Gasteiger partial charge on any atom is 0.329 e. The maximum atomic E-state index is 12.6. The molecule has 3 heterocycles. The van der Waals surface area contributed by atoms with E-state index in [9.17, 15) is 14.7 Å². The number of H-pyrrole nitrogens is 1. The van der Waals surface area contributed by atoms with E-state index in [0.717, 1.165) is 11.1 Å². The van der Waals surface area contributed by atoms with Crippen LogP contribution in [0.3, 0.4) is 0 Å². The van der Waals surface area contributed by atoms with Gasteiger partial charge in [0.2, 0.25) is 5.95 Å². The number of aryl methyl sites for hydroxylation is 2. The molecule has 0 aliphatic carbocycles. The molecule has 4 aromatic rings. The lowest BCUT2D eigenvalue weighted by Gasteiger charge is -2.15. The number of fused-ring (bicyclic) bond motifs is 1. The van der Waals surface area contributed by atoms with Crippen molar-refractivity contribution in [2.45, 2.75) is 19.6 Å². The monoisotopic (exact) mass is 449 g/mol. The van der Waals surface area contributed by atoms with Crippen LogP contribution < -0.4 is 21.4 Å². The number of aliphatic hydroxyl groups excluding tert-OH is 1. The Hall–Kier alpha value is -4.25. The molecule has 0 bridgehead atoms. The Balaban J connectivity index is 1.61. The molecule has 0 amide bonds. The van der Waals surface area contributed by atoms with Gasteiger partial charge in [-0.25, -0.2) is 10.2 Å². The van der Waals surface area contributed by atoms with Gasteiger partial charge in [0.25, 0.3) is 5.56 Å². The number of benzene rings is 1. The summed E-state index contributed by atoms with van der Waals surface area (Å²) in [4.78, 5) is 35.2. The molecule has 170 valence electrons. The Kier molecular flexibility index (Phi) is 6.31. The van der Waals surface area contributed by atoms with Crippen molar-refractivity contribution in [2.75, 3.05) is 12.0 Å². The molecule has 11 nitrogen and oxygen atoms in total. The van der Waals surface area contributed by atoms with Crippen LogP contribution in [0.1, 0.15) is 11.1 Å². The number of rotatable bonds is 8. The zero-order valence-corrected chi connectivity index (χ0v) is 18.1. The number of ether oxygens (including phenoxy) is 1. The number of aliphatic hydroxyl groups is 1. The Bertz CT molecular complexity index is 1390. The highest BCUT2D eigenvalue weighted by Crippen LogP contribution is 2.17. The zero-order chi connectivity index (χ0) is 23.4. The summed E-state index contributed by atoms with van der Waals surface area (Å²) < 4.78 is 8.34. The molecule has 0 aliphatic rings. The summed E-state index contributed by atoms with van der Waals surface area (Å²) in [6, 6.07) is 11.0. The van der Waals surface area contributed by atoms with E-state index >= 15 is 0 Å². The van der Waals surface area contributed by atoms with Crippen LogP contribution in [0.5, 0.6) is 5.75 Å². The molecule has 0 aliphatic heterocycles. The number of aromatic amines is 1. The first-order chi connectivity index (χ1) is 15.9. The molecule has 3 N–H and O–H groups in total. The molecular formula is C22H23N7O4. The van der Waals surface area contributed by atoms with E-state index in [2.05, 4.69) is 25.5 Å². The van der Waals surface area contributed by atoms with Crippen molar-refractivity contribution in [1.29, 1.82) is 0 Å². The minimum absolute atomic E-state index is 0.00913. The number of hydrazone groups is 1. The van der Waals surface area contributed by atoms with Crippen LogP contribution in [-0.2, 0) is 13.6 Å². The smallest absolute Gasteiger partial charge is 0.329 e. The number of anilines is 1. The quantitative estimate of drug-likeness (QED) is 0.269. The van der Waals surface area contributed by atoms with Crippen LogP contribution in [0.2, 0.25) is 0 Å². The maximum absolute atomic E-state index is 12.6. The van der Waals surface area contributed by atoms with Gasteiger partial charge in [-0.3, -0.25) is 19.3 Å². The summed E-state index contributed by atoms with van der Waals surface area (Å²) in [6.07, 6.45) is 3.85. The molecule has 0 fully saturated rings. The van der Waals surface area contributed by atoms with Crippen LogP contribution in [-0.4, -0.2) is 48.1 Å². The Morgan fingerprint density at radius 1 is 1.27 bits per heavy atom. The third-order valence-corrected chi connectivity index (χ3v) is 4.93. The molecule has 0 saturated carbocycles. The summed E-state index contributed by atoms with van der Waals surface area (Å²) in [5.41, 5.74) is 3.72. The molecule has 11 heteroatoms. The molecule has 1 aromatic carbocycles. The third-order valence-electron chi connectivity index (χ3n) is 4.93. The zero-order valence-electron chi connectivity index (χ0n) is 18.1. The second kappa shape index (κ2) is 9.49. The Labute approximate surface area is 188 Å². The normalized spacial score (nSPS) is 12.3. The van der Waals surface area contributed by atoms with Crippen molar-refractivity contribution in [2.24, 2.45) is 12.1 Å². The van der Waals surface area contributed by atoms with Crippen LogP contribution in [0.15, 0.2) is 63.5 Å². The lowest BCUT2D eigenvalue weighted by Crippen LogP contribution is -2.30. The summed E-state index contributed by atoms with van der Waals surface area (Å²) in [7, 11) is 1.50. The average molecular weight is 449 g/mol. The van der Waals surface area contributed by atoms with E-state index in [1.165, 1.54) is 22.4 Å². The predicted molar refractivity (Wildman–Crippen MR) is 124 cm³/mol. The highest BCUT2D eigenvalue weighted by molar-refractivity contribution is 5.80. The van der Waals surface area contributed by atoms with E-state index in [4.69, 9.17) is 4.74 Å². The summed E-state index contributed by atoms with van der Waals surface area (Å²) in [5.74, 6) is 0.807. The highest BCUT2D eigenvalue weighted by Gasteiger charge is 2.20. The van der Waals surface area contributed by atoms with Crippen molar-refractivity contribution in [1.82, 2.24) is 24.1 Å². The van der Waals surface area contributed by atoms with Crippen LogP contribution in [0.25, 0.3) is 11.2 Å². The van der Waals surface area contributed by atoms with Gasteiger partial charge in [-0.1, -0.05) is 23.8 Å². The molecule has 1 atom stereocenters. The van der Waals surface area contributed by atoms with Gasteiger partial charge >= 0.3 is 5.69 Å². The molecule has 33 heavy (non-hydrogen) atoms. The summed E-state index contributed by atoms with van der Waals surface area (Å²) >= 11 is 0. The van der Waals surface area contributed by atoms with E-state index < -0.39 is 17.4 Å². The second-order valence-electron chi connectivity index (χ2n) is 7.47. The van der Waals surface area contributed by atoms with E-state index in [1.54, 1.807) is 18.5 Å². The molecular weight excluding hydrogens is 426 g/mol.